The van der Waals surface area contributed by atoms with Gasteiger partial charge in [0, 0.05) is 32.2 Å². The molecule has 0 radical (unpaired) electrons. The molecule has 0 spiro atoms. The van der Waals surface area contributed by atoms with Crippen LogP contribution >= 0.6 is 0 Å². The molecule has 2 aliphatic heterocycles. The van der Waals surface area contributed by atoms with E-state index in [0.29, 0.717) is 18.8 Å². The smallest absolute Gasteiger partial charge is 0.260 e. The van der Waals surface area contributed by atoms with Crippen LogP contribution in [0.5, 0.6) is 5.75 Å². The molecule has 1 aromatic rings. The highest BCUT2D eigenvalue weighted by Gasteiger charge is 2.31. The first-order valence-electron chi connectivity index (χ1n) is 8.20. The fourth-order valence-corrected chi connectivity index (χ4v) is 3.20. The minimum Gasteiger partial charge on any atom is -0.484 e. The van der Waals surface area contributed by atoms with Crippen LogP contribution in [-0.4, -0.2) is 67.0 Å². The Kier molecular flexibility index (Phi) is 5.12. The highest BCUT2D eigenvalue weighted by Crippen LogP contribution is 2.17. The Morgan fingerprint density at radius 3 is 2.87 bits per heavy atom. The summed E-state index contributed by atoms with van der Waals surface area (Å²) in [7, 11) is 0. The molecule has 2 heterocycles. The van der Waals surface area contributed by atoms with Crippen LogP contribution in [0.4, 0.5) is 0 Å². The monoisotopic (exact) mass is 317 g/mol. The number of para-hydroxylation sites is 1. The van der Waals surface area contributed by atoms with Gasteiger partial charge in [0.1, 0.15) is 5.75 Å². The van der Waals surface area contributed by atoms with Crippen molar-refractivity contribution < 1.29 is 14.3 Å². The van der Waals surface area contributed by atoms with Crippen LogP contribution in [0.25, 0.3) is 0 Å². The van der Waals surface area contributed by atoms with Crippen molar-refractivity contribution in [2.24, 2.45) is 0 Å². The number of nitrogens with zero attached hydrogens (tertiary/aromatic N) is 2. The first kappa shape index (κ1) is 15.8. The van der Waals surface area contributed by atoms with E-state index in [1.807, 2.05) is 40.1 Å². The average Bonchev–Trinajstić information content (AvgIpc) is 2.61. The van der Waals surface area contributed by atoms with Crippen LogP contribution in [0.15, 0.2) is 30.3 Å². The molecule has 1 atom stereocenters. The molecule has 1 aromatic carbocycles. The summed E-state index contributed by atoms with van der Waals surface area (Å²) in [5.41, 5.74) is 0. The van der Waals surface area contributed by atoms with E-state index in [2.05, 4.69) is 5.32 Å². The van der Waals surface area contributed by atoms with E-state index in [-0.39, 0.29) is 24.5 Å². The van der Waals surface area contributed by atoms with E-state index in [4.69, 9.17) is 4.74 Å². The van der Waals surface area contributed by atoms with E-state index in [1.54, 1.807) is 0 Å². The van der Waals surface area contributed by atoms with Crippen molar-refractivity contribution in [3.8, 4) is 5.75 Å². The molecule has 1 unspecified atom stereocenters. The Hall–Kier alpha value is -2.08. The molecule has 0 aromatic heterocycles. The third-order valence-electron chi connectivity index (χ3n) is 4.42. The number of nitrogens with one attached hydrogen (secondary N) is 1. The van der Waals surface area contributed by atoms with Gasteiger partial charge in [0.05, 0.1) is 6.54 Å². The fraction of sp³-hybridized carbons (Fsp3) is 0.529. The summed E-state index contributed by atoms with van der Waals surface area (Å²) in [5, 5.41) is 3.08. The summed E-state index contributed by atoms with van der Waals surface area (Å²) >= 11 is 0. The minimum absolute atomic E-state index is 0.0128. The lowest BCUT2D eigenvalue weighted by atomic mass is 10.0. The Bertz CT molecular complexity index is 549. The van der Waals surface area contributed by atoms with Crippen LogP contribution in [0.3, 0.4) is 0 Å². The molecular formula is C17H23N3O3. The molecule has 124 valence electrons. The van der Waals surface area contributed by atoms with Gasteiger partial charge in [-0.25, -0.2) is 0 Å². The molecule has 2 fully saturated rings. The standard InChI is InChI=1S/C17H23N3O3/c21-16-11-18-8-10-20(16)14-5-4-9-19(12-14)17(22)13-23-15-6-2-1-3-7-15/h1-3,6-7,14,18H,4-5,8-13H2. The van der Waals surface area contributed by atoms with Crippen LogP contribution in [-0.2, 0) is 9.59 Å². The van der Waals surface area contributed by atoms with Crippen LogP contribution in [0.1, 0.15) is 12.8 Å². The lowest BCUT2D eigenvalue weighted by Gasteiger charge is -2.41. The summed E-state index contributed by atoms with van der Waals surface area (Å²) in [6, 6.07) is 9.49. The number of piperazine rings is 1. The van der Waals surface area contributed by atoms with Gasteiger partial charge in [-0.15, -0.1) is 0 Å². The highest BCUT2D eigenvalue weighted by molar-refractivity contribution is 5.80. The van der Waals surface area contributed by atoms with E-state index in [9.17, 15) is 9.59 Å². The molecule has 0 saturated carbocycles. The molecule has 3 rings (SSSR count). The zero-order valence-corrected chi connectivity index (χ0v) is 13.2. The average molecular weight is 317 g/mol. The summed E-state index contributed by atoms with van der Waals surface area (Å²) in [5.74, 6) is 0.823. The maximum absolute atomic E-state index is 12.4. The molecular weight excluding hydrogens is 294 g/mol. The summed E-state index contributed by atoms with van der Waals surface area (Å²) < 4.78 is 5.54. The summed E-state index contributed by atoms with van der Waals surface area (Å²) in [6.07, 6.45) is 1.90. The molecule has 2 saturated heterocycles. The number of carbonyl (C=O) groups excluding carboxylic acids is 2. The van der Waals surface area contributed by atoms with Crippen molar-refractivity contribution in [3.63, 3.8) is 0 Å². The first-order valence-corrected chi connectivity index (χ1v) is 8.20. The van der Waals surface area contributed by atoms with Gasteiger partial charge in [-0.3, -0.25) is 9.59 Å². The zero-order valence-electron chi connectivity index (χ0n) is 13.2. The number of ether oxygens (including phenoxy) is 1. The summed E-state index contributed by atoms with van der Waals surface area (Å²) in [4.78, 5) is 28.1. The topological polar surface area (TPSA) is 61.9 Å². The number of hydrogen-bond acceptors (Lipinski definition) is 4. The fourth-order valence-electron chi connectivity index (χ4n) is 3.20. The molecule has 0 bridgehead atoms. The number of amides is 2. The second kappa shape index (κ2) is 7.46. The number of likely N-dealkylation sites (tertiary alicyclic amines) is 1. The normalized spacial score (nSPS) is 22.1. The van der Waals surface area contributed by atoms with Crippen molar-refractivity contribution in [1.82, 2.24) is 15.1 Å². The molecule has 6 nitrogen and oxygen atoms in total. The van der Waals surface area contributed by atoms with Crippen molar-refractivity contribution >= 4 is 11.8 Å². The van der Waals surface area contributed by atoms with Crippen molar-refractivity contribution in [2.45, 2.75) is 18.9 Å². The minimum atomic E-state index is -0.0128. The van der Waals surface area contributed by atoms with Gasteiger partial charge in [-0.1, -0.05) is 18.2 Å². The Labute approximate surface area is 136 Å². The predicted molar refractivity (Wildman–Crippen MR) is 86.1 cm³/mol. The van der Waals surface area contributed by atoms with Crippen molar-refractivity contribution in [2.75, 3.05) is 39.3 Å². The van der Waals surface area contributed by atoms with Gasteiger partial charge in [0.2, 0.25) is 5.91 Å². The molecule has 1 N–H and O–H groups in total. The molecule has 6 heteroatoms. The maximum Gasteiger partial charge on any atom is 0.260 e. The second-order valence-electron chi connectivity index (χ2n) is 6.00. The first-order chi connectivity index (χ1) is 11.2. The quantitative estimate of drug-likeness (QED) is 0.878. The Morgan fingerprint density at radius 1 is 1.26 bits per heavy atom. The van der Waals surface area contributed by atoms with E-state index in [1.165, 1.54) is 0 Å². The van der Waals surface area contributed by atoms with Gasteiger partial charge in [-0.2, -0.15) is 0 Å². The van der Waals surface area contributed by atoms with Gasteiger partial charge < -0.3 is 19.9 Å². The van der Waals surface area contributed by atoms with Crippen LogP contribution < -0.4 is 10.1 Å². The van der Waals surface area contributed by atoms with Gasteiger partial charge >= 0.3 is 0 Å². The molecule has 2 aliphatic rings. The largest absolute Gasteiger partial charge is 0.484 e. The lowest BCUT2D eigenvalue weighted by Crippen LogP contribution is -2.57. The predicted octanol–water partition coefficient (Wildman–Crippen LogP) is 0.488. The van der Waals surface area contributed by atoms with Gasteiger partial charge in [0.15, 0.2) is 6.61 Å². The summed E-state index contributed by atoms with van der Waals surface area (Å²) in [6.45, 7) is 3.36. The van der Waals surface area contributed by atoms with Crippen molar-refractivity contribution in [3.05, 3.63) is 30.3 Å². The van der Waals surface area contributed by atoms with Crippen LogP contribution in [0, 0.1) is 0 Å². The second-order valence-corrected chi connectivity index (χ2v) is 6.00. The van der Waals surface area contributed by atoms with E-state index < -0.39 is 0 Å². The number of hydrogen-bond donors (Lipinski definition) is 1. The molecule has 2 amide bonds. The van der Waals surface area contributed by atoms with Crippen LogP contribution in [0.2, 0.25) is 0 Å². The zero-order chi connectivity index (χ0) is 16.1. The number of rotatable bonds is 4. The lowest BCUT2D eigenvalue weighted by molar-refractivity contribution is -0.141. The van der Waals surface area contributed by atoms with Crippen molar-refractivity contribution in [1.29, 1.82) is 0 Å². The molecule has 0 aliphatic carbocycles. The Morgan fingerprint density at radius 2 is 2.09 bits per heavy atom. The number of piperidine rings is 1. The SMILES string of the molecule is O=C(COc1ccccc1)N1CCCC(N2CCNCC2=O)C1. The third kappa shape index (κ3) is 4.01. The van der Waals surface area contributed by atoms with E-state index >= 15 is 0 Å². The number of carbonyl (C=O) groups is 2. The highest BCUT2D eigenvalue weighted by atomic mass is 16.5. The van der Waals surface area contributed by atoms with Gasteiger partial charge in [-0.05, 0) is 25.0 Å². The Balaban J connectivity index is 1.53. The van der Waals surface area contributed by atoms with Gasteiger partial charge in [0.25, 0.3) is 5.91 Å². The van der Waals surface area contributed by atoms with E-state index in [0.717, 1.165) is 32.5 Å². The molecule has 23 heavy (non-hydrogen) atoms. The number of benzene rings is 1. The third-order valence-corrected chi connectivity index (χ3v) is 4.42. The maximum atomic E-state index is 12.4.